The van der Waals surface area contributed by atoms with Crippen LogP contribution in [0.3, 0.4) is 0 Å². The molecule has 29 heavy (non-hydrogen) atoms. The van der Waals surface area contributed by atoms with Gasteiger partial charge in [0.15, 0.2) is 0 Å². The van der Waals surface area contributed by atoms with Crippen molar-refractivity contribution in [3.05, 3.63) is 64.7 Å². The summed E-state index contributed by atoms with van der Waals surface area (Å²) in [4.78, 5) is 27.5. The first-order valence-corrected chi connectivity index (χ1v) is 10.3. The highest BCUT2D eigenvalue weighted by Crippen LogP contribution is 2.20. The van der Waals surface area contributed by atoms with Crippen LogP contribution in [0.4, 0.5) is 4.39 Å². The molecule has 1 aliphatic heterocycles. The molecule has 6 nitrogen and oxygen atoms in total. The fourth-order valence-electron chi connectivity index (χ4n) is 3.50. The Hall–Kier alpha value is -3.00. The molecule has 0 spiro atoms. The van der Waals surface area contributed by atoms with Gasteiger partial charge in [0, 0.05) is 31.6 Å². The third-order valence-corrected chi connectivity index (χ3v) is 6.33. The lowest BCUT2D eigenvalue weighted by atomic mass is 9.95. The summed E-state index contributed by atoms with van der Waals surface area (Å²) >= 11 is 1.52. The van der Waals surface area contributed by atoms with E-state index in [9.17, 15) is 14.0 Å². The van der Waals surface area contributed by atoms with E-state index in [1.807, 2.05) is 35.9 Å². The molecular formula is C21H21FN4O2S. The normalized spacial score (nSPS) is 15.7. The molecule has 0 bridgehead atoms. The van der Waals surface area contributed by atoms with Crippen LogP contribution in [0, 0.1) is 11.7 Å². The highest BCUT2D eigenvalue weighted by atomic mass is 32.1. The second kappa shape index (κ2) is 8.16. The van der Waals surface area contributed by atoms with Gasteiger partial charge in [-0.3, -0.25) is 9.59 Å². The Labute approximate surface area is 171 Å². The van der Waals surface area contributed by atoms with Crippen LogP contribution < -0.4 is 10.2 Å². The zero-order chi connectivity index (χ0) is 20.4. The number of halogens is 1. The molecule has 1 N–H and O–H groups in total. The molecule has 1 fully saturated rings. The van der Waals surface area contributed by atoms with Crippen LogP contribution in [0.5, 0.6) is 0 Å². The number of rotatable bonds is 3. The molecule has 8 heteroatoms. The molecule has 0 radical (unpaired) electrons. The highest BCUT2D eigenvalue weighted by Gasteiger charge is 2.27. The molecule has 4 rings (SSSR count). The number of piperidine rings is 1. The largest absolute Gasteiger partial charge is 0.339 e. The van der Waals surface area contributed by atoms with Crippen molar-refractivity contribution in [3.63, 3.8) is 0 Å². The van der Waals surface area contributed by atoms with E-state index >= 15 is 0 Å². The van der Waals surface area contributed by atoms with Crippen LogP contribution in [0.1, 0.15) is 23.2 Å². The average Bonchev–Trinajstić information content (AvgIpc) is 3.08. The molecule has 0 aliphatic carbocycles. The summed E-state index contributed by atoms with van der Waals surface area (Å²) in [5.74, 6) is -0.814. The number of hydrogen-bond acceptors (Lipinski definition) is 4. The molecule has 1 saturated heterocycles. The number of aromatic nitrogens is 1. The Morgan fingerprint density at radius 3 is 2.48 bits per heavy atom. The van der Waals surface area contributed by atoms with Gasteiger partial charge < -0.3 is 9.47 Å². The van der Waals surface area contributed by atoms with Crippen molar-refractivity contribution in [2.75, 3.05) is 13.1 Å². The number of carbonyl (C=O) groups excluding carboxylic acids is 2. The quantitative estimate of drug-likeness (QED) is 0.673. The van der Waals surface area contributed by atoms with Crippen molar-refractivity contribution in [2.24, 2.45) is 18.1 Å². The van der Waals surface area contributed by atoms with Crippen LogP contribution in [0.2, 0.25) is 0 Å². The Balaban J connectivity index is 1.37. The van der Waals surface area contributed by atoms with Gasteiger partial charge >= 0.3 is 0 Å². The van der Waals surface area contributed by atoms with E-state index in [1.165, 1.54) is 35.6 Å². The minimum Gasteiger partial charge on any atom is -0.339 e. The number of likely N-dealkylation sites (tertiary alicyclic amines) is 1. The van der Waals surface area contributed by atoms with Crippen LogP contribution >= 0.6 is 11.3 Å². The third kappa shape index (κ3) is 4.07. The first-order chi connectivity index (χ1) is 14.0. The van der Waals surface area contributed by atoms with E-state index in [1.54, 1.807) is 4.90 Å². The van der Waals surface area contributed by atoms with Gasteiger partial charge in [0.1, 0.15) is 5.82 Å². The maximum absolute atomic E-state index is 13.0. The second-order valence-electron chi connectivity index (χ2n) is 7.07. The Morgan fingerprint density at radius 2 is 1.79 bits per heavy atom. The number of amides is 2. The van der Waals surface area contributed by atoms with E-state index in [-0.39, 0.29) is 23.5 Å². The number of thiazole rings is 1. The molecule has 150 valence electrons. The van der Waals surface area contributed by atoms with E-state index in [2.05, 4.69) is 10.5 Å². The summed E-state index contributed by atoms with van der Waals surface area (Å²) in [6.07, 6.45) is 1.15. The lowest BCUT2D eigenvalue weighted by Gasteiger charge is -2.31. The van der Waals surface area contributed by atoms with Crippen molar-refractivity contribution >= 4 is 33.4 Å². The summed E-state index contributed by atoms with van der Waals surface area (Å²) < 4.78 is 16.1. The number of aryl methyl sites for hydroxylation is 1. The van der Waals surface area contributed by atoms with Crippen LogP contribution in [0.25, 0.3) is 10.2 Å². The van der Waals surface area contributed by atoms with Gasteiger partial charge in [0.05, 0.1) is 10.2 Å². The Kier molecular flexibility index (Phi) is 5.44. The smallest absolute Gasteiger partial charge is 0.253 e. The SMILES string of the molecule is Cn1/c(=N/NC(=O)C2CCN(C(=O)c3ccc(F)cc3)CC2)sc2ccccc21. The van der Waals surface area contributed by atoms with E-state index < -0.39 is 0 Å². The predicted octanol–water partition coefficient (Wildman–Crippen LogP) is 2.86. The van der Waals surface area contributed by atoms with Gasteiger partial charge in [-0.05, 0) is 49.2 Å². The van der Waals surface area contributed by atoms with Gasteiger partial charge in [-0.15, -0.1) is 5.10 Å². The number of hydrogen-bond donors (Lipinski definition) is 1. The van der Waals surface area contributed by atoms with Crippen LogP contribution in [0.15, 0.2) is 53.6 Å². The maximum Gasteiger partial charge on any atom is 0.253 e. The Morgan fingerprint density at radius 1 is 1.10 bits per heavy atom. The van der Waals surface area contributed by atoms with Crippen molar-refractivity contribution in [3.8, 4) is 0 Å². The summed E-state index contributed by atoms with van der Waals surface area (Å²) in [7, 11) is 1.92. The topological polar surface area (TPSA) is 66.7 Å². The molecule has 0 saturated carbocycles. The third-order valence-electron chi connectivity index (χ3n) is 5.22. The molecule has 2 aromatic carbocycles. The summed E-state index contributed by atoms with van der Waals surface area (Å²) in [6, 6.07) is 13.5. The first kappa shape index (κ1) is 19.3. The van der Waals surface area contributed by atoms with Gasteiger partial charge in [-0.2, -0.15) is 0 Å². The molecule has 1 aromatic heterocycles. The minimum atomic E-state index is -0.368. The molecule has 0 atom stereocenters. The minimum absolute atomic E-state index is 0.128. The molecule has 2 heterocycles. The van der Waals surface area contributed by atoms with Gasteiger partial charge in [-0.1, -0.05) is 23.5 Å². The Bertz CT molecular complexity index is 1110. The fourth-order valence-corrected chi connectivity index (χ4v) is 4.48. The van der Waals surface area contributed by atoms with Crippen molar-refractivity contribution in [1.29, 1.82) is 0 Å². The van der Waals surface area contributed by atoms with Crippen molar-refractivity contribution in [1.82, 2.24) is 14.9 Å². The lowest BCUT2D eigenvalue weighted by molar-refractivity contribution is -0.126. The lowest BCUT2D eigenvalue weighted by Crippen LogP contribution is -2.42. The van der Waals surface area contributed by atoms with Crippen LogP contribution in [-0.2, 0) is 11.8 Å². The average molecular weight is 412 g/mol. The monoisotopic (exact) mass is 412 g/mol. The van der Waals surface area contributed by atoms with Crippen molar-refractivity contribution in [2.45, 2.75) is 12.8 Å². The standard InChI is InChI=1S/C21H21FN4O2S/c1-25-17-4-2-3-5-18(17)29-21(25)24-23-19(27)14-10-12-26(13-11-14)20(28)15-6-8-16(22)9-7-15/h2-9,14H,10-13H2,1H3,(H,23,27)/b24-21-. The van der Waals surface area contributed by atoms with Gasteiger partial charge in [0.25, 0.3) is 5.91 Å². The molecular weight excluding hydrogens is 391 g/mol. The second-order valence-corrected chi connectivity index (χ2v) is 8.08. The predicted molar refractivity (Wildman–Crippen MR) is 110 cm³/mol. The first-order valence-electron chi connectivity index (χ1n) is 9.46. The maximum atomic E-state index is 13.0. The molecule has 3 aromatic rings. The summed E-state index contributed by atoms with van der Waals surface area (Å²) in [5, 5.41) is 4.29. The highest BCUT2D eigenvalue weighted by molar-refractivity contribution is 7.16. The van der Waals surface area contributed by atoms with E-state index in [0.29, 0.717) is 31.5 Å². The number of fused-ring (bicyclic) bond motifs is 1. The zero-order valence-corrected chi connectivity index (χ0v) is 16.8. The molecule has 2 amide bonds. The molecule has 0 unspecified atom stereocenters. The molecule has 1 aliphatic rings. The van der Waals surface area contributed by atoms with Gasteiger partial charge in [0.2, 0.25) is 10.7 Å². The summed E-state index contributed by atoms with van der Waals surface area (Å²) in [5.41, 5.74) is 4.21. The van der Waals surface area contributed by atoms with Crippen molar-refractivity contribution < 1.29 is 14.0 Å². The summed E-state index contributed by atoms with van der Waals surface area (Å²) in [6.45, 7) is 0.982. The van der Waals surface area contributed by atoms with E-state index in [0.717, 1.165) is 15.0 Å². The number of benzene rings is 2. The van der Waals surface area contributed by atoms with Gasteiger partial charge in [-0.25, -0.2) is 9.82 Å². The number of carbonyl (C=O) groups is 2. The number of nitrogens with zero attached hydrogens (tertiary/aromatic N) is 3. The van der Waals surface area contributed by atoms with E-state index in [4.69, 9.17) is 0 Å². The number of nitrogens with one attached hydrogen (secondary N) is 1. The fraction of sp³-hybridized carbons (Fsp3) is 0.286. The zero-order valence-electron chi connectivity index (χ0n) is 16.0. The number of para-hydroxylation sites is 1. The van der Waals surface area contributed by atoms with Crippen LogP contribution in [-0.4, -0.2) is 34.4 Å².